The highest BCUT2D eigenvalue weighted by Gasteiger charge is 2.10. The first-order valence-electron chi connectivity index (χ1n) is 6.03. The predicted molar refractivity (Wildman–Crippen MR) is 78.2 cm³/mol. The van der Waals surface area contributed by atoms with Gasteiger partial charge >= 0.3 is 0 Å². The van der Waals surface area contributed by atoms with Crippen molar-refractivity contribution < 1.29 is 4.74 Å². The fourth-order valence-corrected chi connectivity index (χ4v) is 2.27. The van der Waals surface area contributed by atoms with Crippen LogP contribution in [-0.2, 0) is 17.8 Å². The Balaban J connectivity index is 2.86. The third-order valence-electron chi connectivity index (χ3n) is 2.27. The van der Waals surface area contributed by atoms with E-state index in [2.05, 4.69) is 51.7 Å². The van der Waals surface area contributed by atoms with Gasteiger partial charge in [0.05, 0.1) is 9.26 Å². The summed E-state index contributed by atoms with van der Waals surface area (Å²) in [5.41, 5.74) is 1.11. The number of nitrogens with zero attached hydrogens (tertiary/aromatic N) is 2. The molecule has 17 heavy (non-hydrogen) atoms. The molecule has 1 N–H and O–H groups in total. The van der Waals surface area contributed by atoms with E-state index in [0.717, 1.165) is 46.8 Å². The summed E-state index contributed by atoms with van der Waals surface area (Å²) in [5.74, 6) is 1.67. The summed E-state index contributed by atoms with van der Waals surface area (Å²) in [5, 5.41) is 3.11. The average molecular weight is 349 g/mol. The molecule has 1 aromatic rings. The van der Waals surface area contributed by atoms with Gasteiger partial charge in [-0.05, 0) is 35.4 Å². The van der Waals surface area contributed by atoms with Crippen LogP contribution in [0.4, 0.5) is 5.82 Å². The molecule has 4 nitrogen and oxygen atoms in total. The van der Waals surface area contributed by atoms with Crippen molar-refractivity contribution in [3.05, 3.63) is 15.1 Å². The molecular formula is C12H20IN3O. The van der Waals surface area contributed by atoms with Gasteiger partial charge in [-0.3, -0.25) is 0 Å². The van der Waals surface area contributed by atoms with Crippen LogP contribution >= 0.6 is 22.6 Å². The number of hydrogen-bond donors (Lipinski definition) is 1. The lowest BCUT2D eigenvalue weighted by Gasteiger charge is -2.10. The van der Waals surface area contributed by atoms with Crippen molar-refractivity contribution in [3.8, 4) is 0 Å². The van der Waals surface area contributed by atoms with E-state index in [9.17, 15) is 0 Å². The lowest BCUT2D eigenvalue weighted by atomic mass is 10.2. The number of halogens is 1. The molecule has 0 amide bonds. The summed E-state index contributed by atoms with van der Waals surface area (Å²) in [4.78, 5) is 9.01. The molecule has 0 saturated heterocycles. The second kappa shape index (κ2) is 7.81. The van der Waals surface area contributed by atoms with Crippen molar-refractivity contribution in [2.45, 2.75) is 39.7 Å². The molecule has 1 rings (SSSR count). The smallest absolute Gasteiger partial charge is 0.156 e. The number of nitrogens with one attached hydrogen (secondary N) is 1. The Kier molecular flexibility index (Phi) is 6.72. The lowest BCUT2D eigenvalue weighted by Crippen LogP contribution is -2.09. The normalized spacial score (nSPS) is 10.6. The minimum absolute atomic E-state index is 0.496. The minimum atomic E-state index is 0.496. The zero-order valence-electron chi connectivity index (χ0n) is 10.7. The summed E-state index contributed by atoms with van der Waals surface area (Å²) in [7, 11) is 1.89. The molecule has 1 heterocycles. The Bertz CT molecular complexity index is 358. The first-order valence-corrected chi connectivity index (χ1v) is 7.11. The third-order valence-corrected chi connectivity index (χ3v) is 3.40. The van der Waals surface area contributed by atoms with Crippen LogP contribution in [0.3, 0.4) is 0 Å². The van der Waals surface area contributed by atoms with E-state index in [0.29, 0.717) is 6.61 Å². The second-order valence-corrected chi connectivity index (χ2v) is 4.88. The van der Waals surface area contributed by atoms with Crippen molar-refractivity contribution in [2.24, 2.45) is 0 Å². The van der Waals surface area contributed by atoms with Crippen LogP contribution in [0.5, 0.6) is 0 Å². The van der Waals surface area contributed by atoms with E-state index in [4.69, 9.17) is 4.74 Å². The Morgan fingerprint density at radius 2 is 2.00 bits per heavy atom. The van der Waals surface area contributed by atoms with Crippen molar-refractivity contribution in [2.75, 3.05) is 19.0 Å². The Morgan fingerprint density at radius 1 is 1.24 bits per heavy atom. The van der Waals surface area contributed by atoms with Crippen LogP contribution in [0.25, 0.3) is 0 Å². The molecule has 96 valence electrons. The first-order chi connectivity index (χ1) is 8.22. The van der Waals surface area contributed by atoms with Gasteiger partial charge in [0.1, 0.15) is 12.4 Å². The van der Waals surface area contributed by atoms with Crippen LogP contribution < -0.4 is 5.32 Å². The molecule has 0 saturated carbocycles. The number of hydrogen-bond acceptors (Lipinski definition) is 4. The van der Waals surface area contributed by atoms with E-state index in [1.54, 1.807) is 0 Å². The number of aromatic nitrogens is 2. The lowest BCUT2D eigenvalue weighted by molar-refractivity contribution is 0.116. The fourth-order valence-electron chi connectivity index (χ4n) is 1.49. The zero-order chi connectivity index (χ0) is 12.7. The van der Waals surface area contributed by atoms with Gasteiger partial charge in [-0.1, -0.05) is 20.3 Å². The van der Waals surface area contributed by atoms with Crippen molar-refractivity contribution in [1.82, 2.24) is 9.97 Å². The van der Waals surface area contributed by atoms with E-state index in [1.165, 1.54) is 0 Å². The summed E-state index contributed by atoms with van der Waals surface area (Å²) in [6.07, 6.45) is 3.09. The molecule has 1 aromatic heterocycles. The zero-order valence-corrected chi connectivity index (χ0v) is 12.9. The molecule has 0 aromatic carbocycles. The van der Waals surface area contributed by atoms with Crippen LogP contribution in [0.1, 0.15) is 38.2 Å². The van der Waals surface area contributed by atoms with Crippen LogP contribution in [0.15, 0.2) is 0 Å². The van der Waals surface area contributed by atoms with Gasteiger partial charge in [0.25, 0.3) is 0 Å². The van der Waals surface area contributed by atoms with Gasteiger partial charge in [-0.15, -0.1) is 0 Å². The largest absolute Gasteiger partial charge is 0.373 e. The maximum absolute atomic E-state index is 5.49. The highest BCUT2D eigenvalue weighted by atomic mass is 127. The quantitative estimate of drug-likeness (QED) is 0.607. The molecule has 0 aliphatic heterocycles. The molecule has 0 radical (unpaired) electrons. The van der Waals surface area contributed by atoms with Crippen molar-refractivity contribution in [3.63, 3.8) is 0 Å². The third kappa shape index (κ3) is 4.39. The van der Waals surface area contributed by atoms with Gasteiger partial charge in [0.15, 0.2) is 5.82 Å². The Labute approximate surface area is 117 Å². The minimum Gasteiger partial charge on any atom is -0.373 e. The van der Waals surface area contributed by atoms with Crippen molar-refractivity contribution >= 4 is 28.4 Å². The summed E-state index contributed by atoms with van der Waals surface area (Å²) >= 11 is 2.30. The number of rotatable bonds is 7. The predicted octanol–water partition coefficient (Wildman–Crippen LogP) is 3.00. The number of ether oxygens (including phenoxy) is 1. The van der Waals surface area contributed by atoms with Gasteiger partial charge in [-0.2, -0.15) is 0 Å². The first kappa shape index (κ1) is 14.6. The van der Waals surface area contributed by atoms with Gasteiger partial charge < -0.3 is 10.1 Å². The molecule has 0 atom stereocenters. The summed E-state index contributed by atoms with van der Waals surface area (Å²) in [6.45, 7) is 5.50. The van der Waals surface area contributed by atoms with E-state index in [-0.39, 0.29) is 0 Å². The highest BCUT2D eigenvalue weighted by Crippen LogP contribution is 2.20. The highest BCUT2D eigenvalue weighted by molar-refractivity contribution is 14.1. The van der Waals surface area contributed by atoms with Crippen LogP contribution in [0, 0.1) is 3.57 Å². The summed E-state index contributed by atoms with van der Waals surface area (Å²) < 4.78 is 6.60. The fraction of sp³-hybridized carbons (Fsp3) is 0.667. The van der Waals surface area contributed by atoms with E-state index in [1.807, 2.05) is 7.05 Å². The maximum atomic E-state index is 5.49. The molecule has 0 spiro atoms. The van der Waals surface area contributed by atoms with Crippen molar-refractivity contribution in [1.29, 1.82) is 0 Å². The maximum Gasteiger partial charge on any atom is 0.156 e. The van der Waals surface area contributed by atoms with Gasteiger partial charge in [-0.25, -0.2) is 9.97 Å². The van der Waals surface area contributed by atoms with Crippen LogP contribution in [0.2, 0.25) is 0 Å². The van der Waals surface area contributed by atoms with Gasteiger partial charge in [0.2, 0.25) is 0 Å². The summed E-state index contributed by atoms with van der Waals surface area (Å²) in [6, 6.07) is 0. The Morgan fingerprint density at radius 3 is 2.59 bits per heavy atom. The molecular weight excluding hydrogens is 329 g/mol. The SMILES string of the molecule is CCCOCc1nc(CCC)c(I)c(NC)n1. The standard InChI is InChI=1S/C12H20IN3O/c1-4-6-9-11(13)12(14-3)16-10(15-9)8-17-7-5-2/h4-8H2,1-3H3,(H,14,15,16). The molecule has 0 aliphatic carbocycles. The number of anilines is 1. The van der Waals surface area contributed by atoms with E-state index < -0.39 is 0 Å². The topological polar surface area (TPSA) is 47.0 Å². The molecule has 0 fully saturated rings. The number of aryl methyl sites for hydroxylation is 1. The van der Waals surface area contributed by atoms with Gasteiger partial charge in [0, 0.05) is 13.7 Å². The van der Waals surface area contributed by atoms with Crippen LogP contribution in [-0.4, -0.2) is 23.6 Å². The average Bonchev–Trinajstić information content (AvgIpc) is 2.33. The monoisotopic (exact) mass is 349 g/mol. The molecule has 0 bridgehead atoms. The van der Waals surface area contributed by atoms with E-state index >= 15 is 0 Å². The molecule has 0 aliphatic rings. The second-order valence-electron chi connectivity index (χ2n) is 3.80. The Hall–Kier alpha value is -0.430. The molecule has 0 unspecified atom stereocenters. The molecule has 5 heteroatoms.